The predicted molar refractivity (Wildman–Crippen MR) is 52.8 cm³/mol. The highest BCUT2D eigenvalue weighted by molar-refractivity contribution is 7.80. The maximum absolute atomic E-state index is 10.9. The molecule has 0 amide bonds. The molecule has 0 radical (unpaired) electrons. The molecule has 64 valence electrons. The number of thiol groups is 1. The summed E-state index contributed by atoms with van der Waals surface area (Å²) in [4.78, 5) is 11.8. The highest BCUT2D eigenvalue weighted by Gasteiger charge is 2.02. The van der Waals surface area contributed by atoms with Crippen molar-refractivity contribution in [3.63, 3.8) is 0 Å². The summed E-state index contributed by atoms with van der Waals surface area (Å²) >= 11 is 4.28. The second-order valence-electron chi connectivity index (χ2n) is 2.94. The lowest BCUT2D eigenvalue weighted by molar-refractivity contribution is -0.116. The van der Waals surface area contributed by atoms with Crippen molar-refractivity contribution in [3.8, 4) is 0 Å². The van der Waals surface area contributed by atoms with Crippen molar-refractivity contribution in [2.75, 3.05) is 0 Å². The Balaban J connectivity index is 3.00. The van der Waals surface area contributed by atoms with Gasteiger partial charge in [0.2, 0.25) is 0 Å². The number of carbonyl (C=O) groups excluding carboxylic acids is 1. The number of benzene rings is 1. The van der Waals surface area contributed by atoms with Gasteiger partial charge in [-0.25, -0.2) is 0 Å². The molecule has 0 N–H and O–H groups in total. The van der Waals surface area contributed by atoms with Gasteiger partial charge in [-0.05, 0) is 31.0 Å². The van der Waals surface area contributed by atoms with E-state index in [1.54, 1.807) is 6.92 Å². The van der Waals surface area contributed by atoms with Crippen molar-refractivity contribution in [1.29, 1.82) is 0 Å². The van der Waals surface area contributed by atoms with Gasteiger partial charge in [-0.3, -0.25) is 4.79 Å². The minimum atomic E-state index is 0.192. The Morgan fingerprint density at radius 3 is 2.75 bits per heavy atom. The summed E-state index contributed by atoms with van der Waals surface area (Å²) in [6, 6.07) is 5.83. The Bertz CT molecular complexity index is 305. The van der Waals surface area contributed by atoms with Crippen LogP contribution >= 0.6 is 12.6 Å². The molecule has 0 saturated carbocycles. The van der Waals surface area contributed by atoms with E-state index in [9.17, 15) is 4.79 Å². The topological polar surface area (TPSA) is 17.1 Å². The van der Waals surface area contributed by atoms with Crippen LogP contribution in [0, 0.1) is 6.92 Å². The normalized spacial score (nSPS) is 9.92. The second kappa shape index (κ2) is 3.76. The molecular formula is C10H12OS. The molecule has 1 nitrogen and oxygen atoms in total. The Morgan fingerprint density at radius 1 is 1.50 bits per heavy atom. The first-order valence-electron chi connectivity index (χ1n) is 3.88. The molecule has 0 unspecified atom stereocenters. The third-order valence-electron chi connectivity index (χ3n) is 1.86. The lowest BCUT2D eigenvalue weighted by atomic mass is 10.0. The summed E-state index contributed by atoms with van der Waals surface area (Å²) in [6.07, 6.45) is 0.514. The van der Waals surface area contributed by atoms with E-state index < -0.39 is 0 Å². The summed E-state index contributed by atoms with van der Waals surface area (Å²) in [5.41, 5.74) is 2.19. The van der Waals surface area contributed by atoms with Crippen molar-refractivity contribution in [3.05, 3.63) is 29.3 Å². The Labute approximate surface area is 78.2 Å². The number of hydrogen-bond donors (Lipinski definition) is 1. The minimum Gasteiger partial charge on any atom is -0.300 e. The van der Waals surface area contributed by atoms with Crippen molar-refractivity contribution < 1.29 is 4.79 Å². The lowest BCUT2D eigenvalue weighted by Crippen LogP contribution is -1.98. The van der Waals surface area contributed by atoms with Crippen LogP contribution in [-0.2, 0) is 11.2 Å². The van der Waals surface area contributed by atoms with Crippen LogP contribution in [0.15, 0.2) is 23.1 Å². The van der Waals surface area contributed by atoms with Crippen molar-refractivity contribution >= 4 is 18.4 Å². The molecule has 0 fully saturated rings. The van der Waals surface area contributed by atoms with Crippen LogP contribution in [0.4, 0.5) is 0 Å². The van der Waals surface area contributed by atoms with Gasteiger partial charge in [0.25, 0.3) is 0 Å². The molecule has 1 rings (SSSR count). The molecule has 0 heterocycles. The average Bonchev–Trinajstić information content (AvgIpc) is 1.98. The monoisotopic (exact) mass is 180 g/mol. The first kappa shape index (κ1) is 9.33. The van der Waals surface area contributed by atoms with Gasteiger partial charge in [0.1, 0.15) is 5.78 Å². The highest BCUT2D eigenvalue weighted by atomic mass is 32.1. The molecule has 0 bridgehead atoms. The zero-order chi connectivity index (χ0) is 9.14. The second-order valence-corrected chi connectivity index (χ2v) is 3.42. The first-order valence-corrected chi connectivity index (χ1v) is 4.33. The van der Waals surface area contributed by atoms with E-state index >= 15 is 0 Å². The van der Waals surface area contributed by atoms with Crippen LogP contribution in [0.1, 0.15) is 18.1 Å². The molecule has 0 aliphatic rings. The lowest BCUT2D eigenvalue weighted by Gasteiger charge is -2.04. The van der Waals surface area contributed by atoms with E-state index in [0.29, 0.717) is 6.42 Å². The Kier molecular flexibility index (Phi) is 2.93. The summed E-state index contributed by atoms with van der Waals surface area (Å²) < 4.78 is 0. The van der Waals surface area contributed by atoms with Gasteiger partial charge in [0.15, 0.2) is 0 Å². The van der Waals surface area contributed by atoms with E-state index in [0.717, 1.165) is 16.0 Å². The molecular weight excluding hydrogens is 168 g/mol. The van der Waals surface area contributed by atoms with Gasteiger partial charge >= 0.3 is 0 Å². The summed E-state index contributed by atoms with van der Waals surface area (Å²) in [5, 5.41) is 0. The fourth-order valence-electron chi connectivity index (χ4n) is 1.13. The zero-order valence-electron chi connectivity index (χ0n) is 7.29. The van der Waals surface area contributed by atoms with E-state index in [1.807, 2.05) is 25.1 Å². The van der Waals surface area contributed by atoms with Gasteiger partial charge < -0.3 is 0 Å². The minimum absolute atomic E-state index is 0.192. The smallest absolute Gasteiger partial charge is 0.134 e. The zero-order valence-corrected chi connectivity index (χ0v) is 8.19. The number of Topliss-reactive ketones (excluding diaryl/α,β-unsaturated/α-hetero) is 1. The maximum atomic E-state index is 10.9. The van der Waals surface area contributed by atoms with Crippen LogP contribution in [-0.4, -0.2) is 5.78 Å². The number of ketones is 1. The van der Waals surface area contributed by atoms with Crippen LogP contribution in [0.3, 0.4) is 0 Å². The first-order chi connectivity index (χ1) is 5.61. The van der Waals surface area contributed by atoms with Gasteiger partial charge in [-0.1, -0.05) is 12.1 Å². The summed E-state index contributed by atoms with van der Waals surface area (Å²) in [5.74, 6) is 0.192. The van der Waals surface area contributed by atoms with Crippen LogP contribution < -0.4 is 0 Å². The molecule has 0 aliphatic carbocycles. The van der Waals surface area contributed by atoms with Crippen molar-refractivity contribution in [2.24, 2.45) is 0 Å². The quantitative estimate of drug-likeness (QED) is 0.692. The summed E-state index contributed by atoms with van der Waals surface area (Å²) in [6.45, 7) is 3.59. The van der Waals surface area contributed by atoms with Crippen molar-refractivity contribution in [1.82, 2.24) is 0 Å². The predicted octanol–water partition coefficient (Wildman–Crippen LogP) is 2.42. The number of carbonyl (C=O) groups is 1. The Hall–Kier alpha value is -0.760. The Morgan fingerprint density at radius 2 is 2.17 bits per heavy atom. The SMILES string of the molecule is CC(=O)Cc1cccc(S)c1C. The highest BCUT2D eigenvalue weighted by Crippen LogP contribution is 2.17. The van der Waals surface area contributed by atoms with Crippen molar-refractivity contribution in [2.45, 2.75) is 25.2 Å². The molecule has 0 aromatic heterocycles. The molecule has 0 atom stereocenters. The van der Waals surface area contributed by atoms with Gasteiger partial charge in [0.05, 0.1) is 0 Å². The number of rotatable bonds is 2. The molecule has 1 aromatic rings. The summed E-state index contributed by atoms with van der Waals surface area (Å²) in [7, 11) is 0. The fourth-order valence-corrected chi connectivity index (χ4v) is 1.36. The fraction of sp³-hybridized carbons (Fsp3) is 0.300. The standard InChI is InChI=1S/C10H12OS/c1-7(11)6-9-4-3-5-10(12)8(9)2/h3-5,12H,6H2,1-2H3. The molecule has 0 saturated heterocycles. The van der Waals surface area contributed by atoms with Gasteiger partial charge in [0, 0.05) is 11.3 Å². The van der Waals surface area contributed by atoms with E-state index in [2.05, 4.69) is 12.6 Å². The molecule has 12 heavy (non-hydrogen) atoms. The van der Waals surface area contributed by atoms with Gasteiger partial charge in [-0.2, -0.15) is 0 Å². The van der Waals surface area contributed by atoms with E-state index in [1.165, 1.54) is 0 Å². The third-order valence-corrected chi connectivity index (χ3v) is 2.34. The van der Waals surface area contributed by atoms with Crippen LogP contribution in [0.5, 0.6) is 0 Å². The average molecular weight is 180 g/mol. The maximum Gasteiger partial charge on any atom is 0.134 e. The molecule has 0 aliphatic heterocycles. The molecule has 1 aromatic carbocycles. The van der Waals surface area contributed by atoms with Crippen LogP contribution in [0.25, 0.3) is 0 Å². The number of hydrogen-bond acceptors (Lipinski definition) is 2. The van der Waals surface area contributed by atoms with Crippen LogP contribution in [0.2, 0.25) is 0 Å². The van der Waals surface area contributed by atoms with Gasteiger partial charge in [-0.15, -0.1) is 12.6 Å². The van der Waals surface area contributed by atoms with E-state index in [4.69, 9.17) is 0 Å². The largest absolute Gasteiger partial charge is 0.300 e. The third kappa shape index (κ3) is 2.11. The molecule has 2 heteroatoms. The van der Waals surface area contributed by atoms with E-state index in [-0.39, 0.29) is 5.78 Å². The molecule has 0 spiro atoms.